The summed E-state index contributed by atoms with van der Waals surface area (Å²) in [4.78, 5) is 4.95. The molecule has 0 saturated carbocycles. The van der Waals surface area contributed by atoms with Crippen LogP contribution in [0, 0.1) is 0 Å². The molecule has 0 N–H and O–H groups in total. The second-order valence-corrected chi connectivity index (χ2v) is 19.4. The molecule has 0 radical (unpaired) electrons. The van der Waals surface area contributed by atoms with Gasteiger partial charge in [-0.2, -0.15) is 0 Å². The van der Waals surface area contributed by atoms with E-state index >= 15 is 0 Å². The van der Waals surface area contributed by atoms with Crippen LogP contribution in [0.3, 0.4) is 0 Å². The highest BCUT2D eigenvalue weighted by Gasteiger charge is 2.46. The lowest BCUT2D eigenvalue weighted by Gasteiger charge is -2.50. The normalized spacial score (nSPS) is 13.8. The zero-order chi connectivity index (χ0) is 46.0. The first-order chi connectivity index (χ1) is 33.2. The van der Waals surface area contributed by atoms with Crippen LogP contribution in [0.5, 0.6) is 0 Å². The molecule has 0 aromatic heterocycles. The molecule has 2 heteroatoms. The molecule has 2 heterocycles. The van der Waals surface area contributed by atoms with Crippen LogP contribution >= 0.6 is 0 Å². The molecule has 0 amide bonds. The molecule has 12 rings (SSSR count). The Morgan fingerprint density at radius 3 is 0.868 bits per heavy atom. The fourth-order valence-corrected chi connectivity index (χ4v) is 10.9. The summed E-state index contributed by atoms with van der Waals surface area (Å²) < 4.78 is 0. The molecule has 0 saturated heterocycles. The van der Waals surface area contributed by atoms with E-state index in [0.29, 0.717) is 0 Å². The van der Waals surface area contributed by atoms with Gasteiger partial charge in [-0.3, -0.25) is 0 Å². The van der Waals surface area contributed by atoms with Crippen molar-refractivity contribution in [3.63, 3.8) is 0 Å². The third-order valence-corrected chi connectivity index (χ3v) is 14.6. The van der Waals surface area contributed by atoms with Crippen molar-refractivity contribution in [1.29, 1.82) is 0 Å². The number of hydrogen-bond acceptors (Lipinski definition) is 2. The van der Waals surface area contributed by atoms with E-state index in [4.69, 9.17) is 0 Å². The maximum Gasteiger partial charge on any atom is 0.0544 e. The molecule has 10 aromatic rings. The van der Waals surface area contributed by atoms with Gasteiger partial charge in [-0.25, -0.2) is 0 Å². The average Bonchev–Trinajstić information content (AvgIpc) is 3.40. The maximum absolute atomic E-state index is 2.58. The number of nitrogens with zero attached hydrogens (tertiary/aromatic N) is 2. The van der Waals surface area contributed by atoms with E-state index in [1.807, 2.05) is 0 Å². The molecule has 0 fully saturated rings. The Labute approximate surface area is 401 Å². The zero-order valence-electron chi connectivity index (χ0n) is 39.0. The molecule has 0 aliphatic carbocycles. The molecule has 0 spiro atoms. The predicted octanol–water partition coefficient (Wildman–Crippen LogP) is 18.2. The lowest BCUT2D eigenvalue weighted by molar-refractivity contribution is 0.598. The molecular formula is C66H52N2. The molecule has 0 bridgehead atoms. The van der Waals surface area contributed by atoms with Gasteiger partial charge in [-0.1, -0.05) is 198 Å². The second-order valence-electron chi connectivity index (χ2n) is 19.4. The first-order valence-corrected chi connectivity index (χ1v) is 23.8. The summed E-state index contributed by atoms with van der Waals surface area (Å²) in [5, 5.41) is 0. The van der Waals surface area contributed by atoms with E-state index in [9.17, 15) is 0 Å². The summed E-state index contributed by atoms with van der Waals surface area (Å²) in [5.41, 5.74) is 24.0. The molecule has 2 aliphatic heterocycles. The van der Waals surface area contributed by atoms with Gasteiger partial charge in [-0.15, -0.1) is 0 Å². The van der Waals surface area contributed by atoms with Crippen LogP contribution in [0.4, 0.5) is 34.1 Å². The predicted molar refractivity (Wildman–Crippen MR) is 287 cm³/mol. The fraction of sp³-hybridized carbons (Fsp3) is 0.0909. The fourth-order valence-electron chi connectivity index (χ4n) is 10.9. The van der Waals surface area contributed by atoms with E-state index < -0.39 is 0 Å². The minimum absolute atomic E-state index is 0.289. The van der Waals surface area contributed by atoms with E-state index in [2.05, 4.69) is 280 Å². The summed E-state index contributed by atoms with van der Waals surface area (Å²) in [5.74, 6) is 0. The van der Waals surface area contributed by atoms with Gasteiger partial charge in [0.1, 0.15) is 0 Å². The molecular weight excluding hydrogens is 821 g/mol. The Balaban J connectivity index is 0.994. The van der Waals surface area contributed by atoms with Crippen LogP contribution in [0.1, 0.15) is 49.9 Å². The summed E-state index contributed by atoms with van der Waals surface area (Å²) in [6, 6.07) is 89.2. The van der Waals surface area contributed by atoms with Crippen molar-refractivity contribution in [3.8, 4) is 55.6 Å². The standard InChI is InChI=1S/C66H52N2/c1-65(2)58-41-52(47-21-13-7-14-22-47)31-39-62(58)68-63-40-32-53(48-23-15-8-16-24-48)42-59(63)66(3,4)61-44-54(43-60(65)64(61)68)51-29-37-57(38-30-51)67(55-33-25-49(26-34-55)45-17-9-5-10-18-45)56-35-27-50(28-36-56)46-19-11-6-12-20-46/h5-44H,1-4H3. The Hall–Kier alpha value is -8.20. The highest BCUT2D eigenvalue weighted by Crippen LogP contribution is 2.61. The lowest BCUT2D eigenvalue weighted by atomic mass is 9.65. The van der Waals surface area contributed by atoms with Crippen LogP contribution in [0.2, 0.25) is 0 Å². The molecule has 2 nitrogen and oxygen atoms in total. The van der Waals surface area contributed by atoms with E-state index in [1.165, 1.54) is 95.0 Å². The maximum atomic E-state index is 2.58. The number of rotatable bonds is 8. The summed E-state index contributed by atoms with van der Waals surface area (Å²) >= 11 is 0. The highest BCUT2D eigenvalue weighted by atomic mass is 15.2. The van der Waals surface area contributed by atoms with Crippen LogP contribution in [0.25, 0.3) is 55.6 Å². The number of anilines is 6. The van der Waals surface area contributed by atoms with Gasteiger partial charge in [0, 0.05) is 27.9 Å². The molecule has 68 heavy (non-hydrogen) atoms. The lowest BCUT2D eigenvalue weighted by Crippen LogP contribution is -2.38. The molecule has 0 unspecified atom stereocenters. The van der Waals surface area contributed by atoms with Crippen molar-refractivity contribution in [1.82, 2.24) is 0 Å². The number of benzene rings is 10. The minimum Gasteiger partial charge on any atom is -0.311 e. The average molecular weight is 873 g/mol. The minimum atomic E-state index is -0.289. The monoisotopic (exact) mass is 872 g/mol. The van der Waals surface area contributed by atoms with Crippen molar-refractivity contribution in [2.75, 3.05) is 9.80 Å². The SMILES string of the molecule is CC1(C)c2cc(-c3ccccc3)ccc2N2c3ccc(-c4ccccc4)cc3C(C)(C)c3cc(-c4ccc(N(c5ccc(-c6ccccc6)cc5)c5ccc(-c6ccccc6)cc5)cc4)cc1c32. The zero-order valence-corrected chi connectivity index (χ0v) is 39.0. The Bertz CT molecular complexity index is 3240. The Morgan fingerprint density at radius 2 is 0.529 bits per heavy atom. The van der Waals surface area contributed by atoms with Crippen LogP contribution in [0.15, 0.2) is 243 Å². The Morgan fingerprint density at radius 1 is 0.265 bits per heavy atom. The number of fused-ring (bicyclic) bond motifs is 4. The number of hydrogen-bond donors (Lipinski definition) is 0. The highest BCUT2D eigenvalue weighted by molar-refractivity contribution is 5.96. The summed E-state index contributed by atoms with van der Waals surface area (Å²) in [6.07, 6.45) is 0. The van der Waals surface area contributed by atoms with E-state index in [1.54, 1.807) is 0 Å². The van der Waals surface area contributed by atoms with Gasteiger partial charge in [0.2, 0.25) is 0 Å². The largest absolute Gasteiger partial charge is 0.311 e. The van der Waals surface area contributed by atoms with Crippen molar-refractivity contribution in [2.45, 2.75) is 38.5 Å². The molecule has 326 valence electrons. The van der Waals surface area contributed by atoms with Crippen LogP contribution < -0.4 is 9.80 Å². The van der Waals surface area contributed by atoms with Gasteiger partial charge >= 0.3 is 0 Å². The second kappa shape index (κ2) is 16.3. The first-order valence-electron chi connectivity index (χ1n) is 23.8. The van der Waals surface area contributed by atoms with Gasteiger partial charge in [0.25, 0.3) is 0 Å². The van der Waals surface area contributed by atoms with Crippen molar-refractivity contribution >= 4 is 34.1 Å². The first kappa shape index (κ1) is 41.2. The molecule has 2 aliphatic rings. The third-order valence-electron chi connectivity index (χ3n) is 14.6. The molecule has 10 aromatic carbocycles. The van der Waals surface area contributed by atoms with E-state index in [0.717, 1.165) is 17.1 Å². The van der Waals surface area contributed by atoms with Crippen molar-refractivity contribution in [3.05, 3.63) is 265 Å². The van der Waals surface area contributed by atoms with Gasteiger partial charge in [0.15, 0.2) is 0 Å². The van der Waals surface area contributed by atoms with Gasteiger partial charge < -0.3 is 9.80 Å². The summed E-state index contributed by atoms with van der Waals surface area (Å²) in [7, 11) is 0. The Kier molecular flexibility index (Phi) is 9.88. The third kappa shape index (κ3) is 6.95. The summed E-state index contributed by atoms with van der Waals surface area (Å²) in [6.45, 7) is 9.69. The molecule has 0 atom stereocenters. The van der Waals surface area contributed by atoms with Crippen molar-refractivity contribution in [2.24, 2.45) is 0 Å². The van der Waals surface area contributed by atoms with E-state index in [-0.39, 0.29) is 10.8 Å². The van der Waals surface area contributed by atoms with Crippen molar-refractivity contribution < 1.29 is 0 Å². The quantitative estimate of drug-likeness (QED) is 0.150. The van der Waals surface area contributed by atoms with Gasteiger partial charge in [-0.05, 0) is 151 Å². The smallest absolute Gasteiger partial charge is 0.0544 e. The van der Waals surface area contributed by atoms with Gasteiger partial charge in [0.05, 0.1) is 17.1 Å². The van der Waals surface area contributed by atoms with Crippen LogP contribution in [-0.2, 0) is 10.8 Å². The van der Waals surface area contributed by atoms with Crippen LogP contribution in [-0.4, -0.2) is 0 Å². The topological polar surface area (TPSA) is 6.48 Å².